The molecule has 0 saturated carbocycles. The van der Waals surface area contributed by atoms with E-state index in [0.29, 0.717) is 72.9 Å². The molecule has 0 aliphatic heterocycles. The number of aliphatic hydroxyl groups is 2. The summed E-state index contributed by atoms with van der Waals surface area (Å²) in [6.07, 6.45) is 41.6. The van der Waals surface area contributed by atoms with E-state index in [4.69, 9.17) is 43.7 Å². The predicted octanol–water partition coefficient (Wildman–Crippen LogP) is 16.4. The van der Waals surface area contributed by atoms with E-state index in [-0.39, 0.29) is 46.9 Å². The molecule has 0 fully saturated rings. The van der Waals surface area contributed by atoms with Gasteiger partial charge >= 0.3 is 0 Å². The first kappa shape index (κ1) is 70.5. The van der Waals surface area contributed by atoms with Crippen molar-refractivity contribution in [2.75, 3.05) is 0 Å². The van der Waals surface area contributed by atoms with E-state index >= 15 is 0 Å². The van der Waals surface area contributed by atoms with E-state index in [1.165, 1.54) is 16.7 Å². The Hall–Kier alpha value is -7.54. The summed E-state index contributed by atoms with van der Waals surface area (Å²) < 4.78 is 0. The fourth-order valence-electron chi connectivity index (χ4n) is 13.4. The number of Topliss-reactive ketones (excluding diaryl/α,β-unsaturated/α-hetero) is 5. The molecule has 5 aliphatic rings. The second-order valence-electron chi connectivity index (χ2n) is 25.4. The minimum atomic E-state index is -0.571. The number of benzene rings is 5. The van der Waals surface area contributed by atoms with Gasteiger partial charge in [0, 0.05) is 82.7 Å². The van der Waals surface area contributed by atoms with Gasteiger partial charge in [-0.15, -0.1) is 61.7 Å². The maximum Gasteiger partial charge on any atom is 0.169 e. The van der Waals surface area contributed by atoms with Crippen molar-refractivity contribution in [2.45, 2.75) is 182 Å². The number of rotatable bonds is 20. The van der Waals surface area contributed by atoms with Gasteiger partial charge in [0.05, 0.1) is 24.0 Å². The number of carbonyl (C=O) groups is 5. The van der Waals surface area contributed by atoms with Crippen molar-refractivity contribution in [3.05, 3.63) is 174 Å². The largest absolute Gasteiger partial charge is 0.392 e. The summed E-state index contributed by atoms with van der Waals surface area (Å²) in [6, 6.07) is 31.5. The lowest BCUT2D eigenvalue weighted by Gasteiger charge is -2.16. The molecule has 10 unspecified atom stereocenters. The van der Waals surface area contributed by atoms with E-state index in [1.807, 2.05) is 92.7 Å². The Morgan fingerprint density at radius 2 is 0.652 bits per heavy atom. The van der Waals surface area contributed by atoms with E-state index in [1.54, 1.807) is 6.07 Å². The fraction of sp³-hybridized carbons (Fsp3) is 0.444. The van der Waals surface area contributed by atoms with E-state index in [9.17, 15) is 34.2 Å². The zero-order chi connectivity index (χ0) is 64.7. The van der Waals surface area contributed by atoms with Crippen molar-refractivity contribution in [2.24, 2.45) is 47.3 Å². The highest BCUT2D eigenvalue weighted by Gasteiger charge is 2.38. The van der Waals surface area contributed by atoms with Crippen LogP contribution in [0.25, 0.3) is 0 Å². The molecule has 10 rings (SSSR count). The third kappa shape index (κ3) is 19.2. The van der Waals surface area contributed by atoms with Crippen LogP contribution in [0.2, 0.25) is 5.02 Å². The molecule has 0 bridgehead atoms. The van der Waals surface area contributed by atoms with Crippen molar-refractivity contribution >= 4 is 40.5 Å². The maximum absolute atomic E-state index is 12.3. The van der Waals surface area contributed by atoms with Crippen LogP contribution in [-0.4, -0.2) is 51.3 Å². The summed E-state index contributed by atoms with van der Waals surface area (Å²) in [4.78, 5) is 61.2. The standard InChI is InChI=1S/C17H20O.C16H17ClO.2C16H18O2.C16H18O/c1-4-5-6-7-13(3)16-11-14-10-12(2)8-9-15(14)17(16)18;1-3-4-5-6-11(2)15-10-12-9-13(17)7-8-14(12)16(15)18;2*1-3-4-5-6-15(17)14-10-12-9-11(2)7-8-13(12)16(14)18;1-3-4-5-8-12(2)15-11-13-9-6-7-10-14(13)16(15)17/h1,8-10,13,16H,5-7,11H2,2-3H3;1,7-9,11,15H,4-6,10H2,2H3;2*1,7-9,14-15,17H,4-6,10H2,2H3;1,6-7,9-10,12,15H,4-5,8,11H2,2H3. The molecular formula is C81H91ClO7. The average molecular weight is 1210 g/mol. The first-order chi connectivity index (χ1) is 42.8. The van der Waals surface area contributed by atoms with E-state index in [2.05, 4.69) is 69.4 Å². The number of carbonyl (C=O) groups excluding carboxylic acids is 5. The summed E-state index contributed by atoms with van der Waals surface area (Å²) in [5.74, 6) is 15.3. The Kier molecular flexibility index (Phi) is 27.8. The molecule has 5 aromatic rings. The Labute approximate surface area is 537 Å². The number of aryl methyl sites for hydroxylation is 3. The molecule has 5 aliphatic carbocycles. The SMILES string of the molecule is C#CCCCC(C)C1Cc2cc(C)ccc2C1=O.C#CCCCC(C)C1Cc2cc(Cl)ccc2C1=O.C#CCCCC(C)C1Cc2ccccc2C1=O.C#CCCCC(O)C1Cc2cc(C)ccc2C1=O.C#CCCCC(O)C1Cc2cc(C)ccc2C1=O. The van der Waals surface area contributed by atoms with Crippen molar-refractivity contribution in [3.63, 3.8) is 0 Å². The Bertz CT molecular complexity index is 3140. The number of terminal acetylenes is 5. The highest BCUT2D eigenvalue weighted by molar-refractivity contribution is 6.30. The molecule has 0 aromatic heterocycles. The molecule has 5 aromatic carbocycles. The summed E-state index contributed by atoms with van der Waals surface area (Å²) in [7, 11) is 0. The lowest BCUT2D eigenvalue weighted by Crippen LogP contribution is -2.25. The lowest BCUT2D eigenvalue weighted by molar-refractivity contribution is 0.0670. The van der Waals surface area contributed by atoms with Crippen molar-refractivity contribution in [1.82, 2.24) is 0 Å². The third-order valence-electron chi connectivity index (χ3n) is 18.7. The van der Waals surface area contributed by atoms with Crippen LogP contribution in [0.3, 0.4) is 0 Å². The van der Waals surface area contributed by atoms with Gasteiger partial charge in [-0.2, -0.15) is 0 Å². The van der Waals surface area contributed by atoms with Gasteiger partial charge < -0.3 is 10.2 Å². The normalized spacial score (nSPS) is 19.5. The number of halogens is 1. The molecular weight excluding hydrogens is 1120 g/mol. The molecule has 0 amide bonds. The topological polar surface area (TPSA) is 126 Å². The van der Waals surface area contributed by atoms with Crippen LogP contribution in [0.5, 0.6) is 0 Å². The molecule has 464 valence electrons. The molecule has 0 heterocycles. The third-order valence-corrected chi connectivity index (χ3v) is 18.9. The van der Waals surface area contributed by atoms with Gasteiger partial charge in [-0.05, 0) is 181 Å². The summed E-state index contributed by atoms with van der Waals surface area (Å²) in [6.45, 7) is 12.6. The molecule has 10 atom stereocenters. The minimum absolute atomic E-state index is 0.0817. The quantitative estimate of drug-likeness (QED) is 0.0587. The van der Waals surface area contributed by atoms with Crippen LogP contribution in [-0.2, 0) is 32.1 Å². The molecule has 0 saturated heterocycles. The van der Waals surface area contributed by atoms with Gasteiger partial charge in [-0.3, -0.25) is 24.0 Å². The van der Waals surface area contributed by atoms with Crippen LogP contribution in [0.4, 0.5) is 0 Å². The zero-order valence-corrected chi connectivity index (χ0v) is 54.1. The van der Waals surface area contributed by atoms with Gasteiger partial charge in [0.25, 0.3) is 0 Å². The maximum atomic E-state index is 12.3. The van der Waals surface area contributed by atoms with Gasteiger partial charge in [0.15, 0.2) is 28.9 Å². The lowest BCUT2D eigenvalue weighted by atomic mass is 9.86. The molecule has 8 heteroatoms. The van der Waals surface area contributed by atoms with Gasteiger partial charge in [0.2, 0.25) is 0 Å². The zero-order valence-electron chi connectivity index (χ0n) is 53.4. The second kappa shape index (κ2) is 35.0. The Morgan fingerprint density at radius 1 is 0.382 bits per heavy atom. The van der Waals surface area contributed by atoms with Crippen LogP contribution in [0.1, 0.15) is 213 Å². The number of hydrogen-bond donors (Lipinski definition) is 2. The summed E-state index contributed by atoms with van der Waals surface area (Å²) in [5.41, 5.74) is 13.5. The molecule has 0 spiro atoms. The number of ketones is 5. The Morgan fingerprint density at radius 3 is 0.989 bits per heavy atom. The molecule has 89 heavy (non-hydrogen) atoms. The monoisotopic (exact) mass is 1210 g/mol. The first-order valence-electron chi connectivity index (χ1n) is 32.2. The molecule has 7 nitrogen and oxygen atoms in total. The number of hydrogen-bond acceptors (Lipinski definition) is 7. The number of unbranched alkanes of at least 4 members (excludes halogenated alkanes) is 5. The molecule has 0 radical (unpaired) electrons. The second-order valence-corrected chi connectivity index (χ2v) is 25.8. The van der Waals surface area contributed by atoms with Gasteiger partial charge in [0.1, 0.15) is 0 Å². The number of aliphatic hydroxyl groups excluding tert-OH is 2. The van der Waals surface area contributed by atoms with E-state index < -0.39 is 12.2 Å². The van der Waals surface area contributed by atoms with Gasteiger partial charge in [-0.1, -0.05) is 128 Å². The highest BCUT2D eigenvalue weighted by atomic mass is 35.5. The van der Waals surface area contributed by atoms with Crippen LogP contribution >= 0.6 is 11.6 Å². The fourth-order valence-corrected chi connectivity index (χ4v) is 13.6. The summed E-state index contributed by atoms with van der Waals surface area (Å²) in [5, 5.41) is 20.9. The van der Waals surface area contributed by atoms with Gasteiger partial charge in [-0.25, -0.2) is 0 Å². The van der Waals surface area contributed by atoms with Crippen molar-refractivity contribution in [3.8, 4) is 61.7 Å². The predicted molar refractivity (Wildman–Crippen MR) is 362 cm³/mol. The van der Waals surface area contributed by atoms with Crippen molar-refractivity contribution in [1.29, 1.82) is 0 Å². The average Bonchev–Trinajstić information content (AvgIpc) is 4.27. The van der Waals surface area contributed by atoms with E-state index in [0.717, 1.165) is 146 Å². The van der Waals surface area contributed by atoms with Crippen LogP contribution in [0, 0.1) is 130 Å². The van der Waals surface area contributed by atoms with Crippen LogP contribution < -0.4 is 0 Å². The summed E-state index contributed by atoms with van der Waals surface area (Å²) >= 11 is 5.97. The highest BCUT2D eigenvalue weighted by Crippen LogP contribution is 2.38. The smallest absolute Gasteiger partial charge is 0.169 e. The van der Waals surface area contributed by atoms with Crippen LogP contribution in [0.15, 0.2) is 97.1 Å². The Balaban J connectivity index is 0.000000177. The first-order valence-corrected chi connectivity index (χ1v) is 32.5. The number of fused-ring (bicyclic) bond motifs is 5. The van der Waals surface area contributed by atoms with Crippen molar-refractivity contribution < 1.29 is 34.2 Å². The minimum Gasteiger partial charge on any atom is -0.392 e. The molecule has 2 N–H and O–H groups in total.